The fraction of sp³-hybridized carbons (Fsp3) is 0.320. The van der Waals surface area contributed by atoms with E-state index in [4.69, 9.17) is 4.74 Å². The predicted octanol–water partition coefficient (Wildman–Crippen LogP) is 3.39. The highest BCUT2D eigenvalue weighted by Gasteiger charge is 2.49. The van der Waals surface area contributed by atoms with Crippen molar-refractivity contribution in [2.24, 2.45) is 0 Å². The number of imide groups is 1. The highest BCUT2D eigenvalue weighted by molar-refractivity contribution is 6.10. The summed E-state index contributed by atoms with van der Waals surface area (Å²) in [4.78, 5) is 41.6. The minimum atomic E-state index is -1.25. The number of fused-ring (bicyclic) bond motifs is 1. The summed E-state index contributed by atoms with van der Waals surface area (Å²) in [6, 6.07) is 14.2. The van der Waals surface area contributed by atoms with Crippen molar-refractivity contribution >= 4 is 23.5 Å². The van der Waals surface area contributed by atoms with Crippen molar-refractivity contribution < 1.29 is 19.1 Å². The summed E-state index contributed by atoms with van der Waals surface area (Å²) < 4.78 is 5.60. The fourth-order valence-corrected chi connectivity index (χ4v) is 4.14. The smallest absolute Gasteiger partial charge is 0.325 e. The molecule has 0 radical (unpaired) electrons. The summed E-state index contributed by atoms with van der Waals surface area (Å²) in [5, 5.41) is 2.76. The number of aryl methyl sites for hydroxylation is 1. The number of amides is 4. The number of para-hydroxylation sites is 1. The molecule has 32 heavy (non-hydrogen) atoms. The lowest BCUT2D eigenvalue weighted by Crippen LogP contribution is -2.46. The van der Waals surface area contributed by atoms with Gasteiger partial charge < -0.3 is 15.0 Å². The van der Waals surface area contributed by atoms with Crippen LogP contribution in [0.25, 0.3) is 0 Å². The molecule has 2 heterocycles. The summed E-state index contributed by atoms with van der Waals surface area (Å²) in [7, 11) is 0. The van der Waals surface area contributed by atoms with E-state index >= 15 is 0 Å². The minimum absolute atomic E-state index is 0.270. The van der Waals surface area contributed by atoms with E-state index in [-0.39, 0.29) is 12.5 Å². The van der Waals surface area contributed by atoms with E-state index in [2.05, 4.69) is 11.9 Å². The Balaban J connectivity index is 1.49. The number of rotatable bonds is 6. The van der Waals surface area contributed by atoms with Crippen LogP contribution in [0.2, 0.25) is 0 Å². The second-order valence-corrected chi connectivity index (χ2v) is 8.49. The predicted molar refractivity (Wildman–Crippen MR) is 121 cm³/mol. The molecule has 0 aliphatic carbocycles. The first-order valence-corrected chi connectivity index (χ1v) is 10.7. The lowest BCUT2D eigenvalue weighted by Gasteiger charge is -2.30. The summed E-state index contributed by atoms with van der Waals surface area (Å²) in [5.74, 6) is -0.0712. The van der Waals surface area contributed by atoms with E-state index in [9.17, 15) is 14.4 Å². The molecule has 4 rings (SSSR count). The molecule has 7 nitrogen and oxygen atoms in total. The molecule has 1 saturated heterocycles. The average Bonchev–Trinajstić information content (AvgIpc) is 3.01. The molecular weight excluding hydrogens is 406 g/mol. The lowest BCUT2D eigenvalue weighted by atomic mass is 9.92. The largest absolute Gasteiger partial charge is 0.489 e. The van der Waals surface area contributed by atoms with Crippen molar-refractivity contribution in [3.8, 4) is 5.75 Å². The van der Waals surface area contributed by atoms with Gasteiger partial charge in [-0.2, -0.15) is 0 Å². The van der Waals surface area contributed by atoms with Gasteiger partial charge in [0.15, 0.2) is 0 Å². The van der Waals surface area contributed by atoms with Gasteiger partial charge in [0.1, 0.15) is 24.4 Å². The van der Waals surface area contributed by atoms with E-state index in [0.29, 0.717) is 24.5 Å². The van der Waals surface area contributed by atoms with Crippen molar-refractivity contribution in [1.29, 1.82) is 0 Å². The molecule has 7 heteroatoms. The van der Waals surface area contributed by atoms with Crippen LogP contribution in [-0.4, -0.2) is 42.4 Å². The van der Waals surface area contributed by atoms with Crippen LogP contribution in [0.1, 0.15) is 31.4 Å². The molecule has 2 aromatic carbocycles. The molecule has 0 saturated carbocycles. The van der Waals surface area contributed by atoms with Gasteiger partial charge in [-0.3, -0.25) is 14.5 Å². The van der Waals surface area contributed by atoms with Crippen LogP contribution < -0.4 is 15.0 Å². The molecule has 2 aliphatic rings. The Bertz CT molecular complexity index is 1080. The molecule has 1 N–H and O–H groups in total. The van der Waals surface area contributed by atoms with E-state index in [1.54, 1.807) is 36.1 Å². The zero-order chi connectivity index (χ0) is 22.9. The Kier molecular flexibility index (Phi) is 5.74. The summed E-state index contributed by atoms with van der Waals surface area (Å²) in [5.41, 5.74) is 2.23. The van der Waals surface area contributed by atoms with Crippen LogP contribution in [0.15, 0.2) is 60.7 Å². The van der Waals surface area contributed by atoms with Crippen LogP contribution in [0.3, 0.4) is 0 Å². The second-order valence-electron chi connectivity index (χ2n) is 8.49. The van der Waals surface area contributed by atoms with Crippen LogP contribution in [-0.2, 0) is 21.5 Å². The van der Waals surface area contributed by atoms with E-state index in [0.717, 1.165) is 34.6 Å². The van der Waals surface area contributed by atoms with Crippen molar-refractivity contribution in [3.63, 3.8) is 0 Å². The molecular formula is C25H27N3O4. The van der Waals surface area contributed by atoms with Crippen LogP contribution in [0, 0.1) is 0 Å². The minimum Gasteiger partial charge on any atom is -0.489 e. The molecule has 0 aromatic heterocycles. The number of nitrogens with zero attached hydrogens (tertiary/aromatic N) is 2. The number of ether oxygens (including phenoxy) is 1. The highest BCUT2D eigenvalue weighted by atomic mass is 16.5. The number of hydrogen-bond donors (Lipinski definition) is 1. The highest BCUT2D eigenvalue weighted by Crippen LogP contribution is 2.31. The Morgan fingerprint density at radius 3 is 2.59 bits per heavy atom. The van der Waals surface area contributed by atoms with Gasteiger partial charge in [0.25, 0.3) is 5.91 Å². The number of hydrogen-bond acceptors (Lipinski definition) is 4. The Labute approximate surface area is 187 Å². The number of carbonyl (C=O) groups is 3. The standard InChI is InChI=1S/C25H27N3O4/c1-17(2)16-32-20-12-10-19(11-13-20)25(3)23(30)28(24(31)26-25)15-22(29)27-14-6-8-18-7-4-5-9-21(18)27/h4-5,7,9-13H,1,6,8,14-16H2,2-3H3,(H,26,31). The first kappa shape index (κ1) is 21.6. The molecule has 2 aromatic rings. The monoisotopic (exact) mass is 433 g/mol. The zero-order valence-electron chi connectivity index (χ0n) is 18.4. The molecule has 1 unspecified atom stereocenters. The number of benzene rings is 2. The first-order valence-electron chi connectivity index (χ1n) is 10.7. The SMILES string of the molecule is C=C(C)COc1ccc(C2(C)NC(=O)N(CC(=O)N3CCCc4ccccc43)C2=O)cc1. The van der Waals surface area contributed by atoms with E-state index in [1.165, 1.54) is 0 Å². The molecule has 4 amide bonds. The van der Waals surface area contributed by atoms with Gasteiger partial charge in [-0.25, -0.2) is 4.79 Å². The van der Waals surface area contributed by atoms with Crippen LogP contribution in [0.4, 0.5) is 10.5 Å². The van der Waals surface area contributed by atoms with Gasteiger partial charge in [-0.1, -0.05) is 36.9 Å². The number of urea groups is 1. The van der Waals surface area contributed by atoms with Crippen LogP contribution in [0.5, 0.6) is 5.75 Å². The van der Waals surface area contributed by atoms with Crippen molar-refractivity contribution in [1.82, 2.24) is 10.2 Å². The molecule has 1 fully saturated rings. The van der Waals surface area contributed by atoms with Crippen molar-refractivity contribution in [2.75, 3.05) is 24.6 Å². The molecule has 1 atom stereocenters. The number of nitrogens with one attached hydrogen (secondary N) is 1. The molecule has 166 valence electrons. The average molecular weight is 434 g/mol. The zero-order valence-corrected chi connectivity index (χ0v) is 18.4. The summed E-state index contributed by atoms with van der Waals surface area (Å²) in [6.07, 6.45) is 1.76. The maximum absolute atomic E-state index is 13.2. The maximum Gasteiger partial charge on any atom is 0.325 e. The Morgan fingerprint density at radius 2 is 1.88 bits per heavy atom. The molecule has 0 spiro atoms. The van der Waals surface area contributed by atoms with Crippen molar-refractivity contribution in [2.45, 2.75) is 32.2 Å². The van der Waals surface area contributed by atoms with Crippen molar-refractivity contribution in [3.05, 3.63) is 71.8 Å². The van der Waals surface area contributed by atoms with Crippen LogP contribution >= 0.6 is 0 Å². The van der Waals surface area contributed by atoms with E-state index in [1.807, 2.05) is 31.2 Å². The lowest BCUT2D eigenvalue weighted by molar-refractivity contribution is -0.134. The quantitative estimate of drug-likeness (QED) is 0.560. The molecule has 0 bridgehead atoms. The second kappa shape index (κ2) is 8.49. The third-order valence-electron chi connectivity index (χ3n) is 5.90. The van der Waals surface area contributed by atoms with Gasteiger partial charge in [-0.05, 0) is 61.6 Å². The number of carbonyl (C=O) groups excluding carboxylic acids is 3. The first-order chi connectivity index (χ1) is 15.3. The summed E-state index contributed by atoms with van der Waals surface area (Å²) in [6.45, 7) is 8.01. The van der Waals surface area contributed by atoms with Gasteiger partial charge in [0.2, 0.25) is 5.91 Å². The third-order valence-corrected chi connectivity index (χ3v) is 5.90. The topological polar surface area (TPSA) is 79.0 Å². The fourth-order valence-electron chi connectivity index (χ4n) is 4.14. The van der Waals surface area contributed by atoms with Gasteiger partial charge in [-0.15, -0.1) is 0 Å². The van der Waals surface area contributed by atoms with E-state index < -0.39 is 17.5 Å². The van der Waals surface area contributed by atoms with Gasteiger partial charge in [0, 0.05) is 12.2 Å². The van der Waals surface area contributed by atoms with Gasteiger partial charge >= 0.3 is 6.03 Å². The normalized spacial score (nSPS) is 20.1. The summed E-state index contributed by atoms with van der Waals surface area (Å²) >= 11 is 0. The molecule has 2 aliphatic heterocycles. The number of anilines is 1. The van der Waals surface area contributed by atoms with Gasteiger partial charge in [0.05, 0.1) is 0 Å². The third kappa shape index (κ3) is 3.98. The maximum atomic E-state index is 13.2. The Hall–Kier alpha value is -3.61. The Morgan fingerprint density at radius 1 is 1.16 bits per heavy atom.